The summed E-state index contributed by atoms with van der Waals surface area (Å²) in [6.07, 6.45) is 10.5. The van der Waals surface area contributed by atoms with Gasteiger partial charge in [0.1, 0.15) is 0 Å². The summed E-state index contributed by atoms with van der Waals surface area (Å²) in [5.41, 5.74) is 11.9. The maximum atomic E-state index is 6.32. The van der Waals surface area contributed by atoms with Gasteiger partial charge in [0.05, 0.1) is 0 Å². The van der Waals surface area contributed by atoms with Gasteiger partial charge in [-0.1, -0.05) is 49.1 Å². The Labute approximate surface area is 175 Å². The normalized spacial score (nSPS) is 24.6. The van der Waals surface area contributed by atoms with Gasteiger partial charge in [-0.05, 0) is 68.0 Å². The molecule has 1 aliphatic carbocycles. The van der Waals surface area contributed by atoms with Crippen LogP contribution in [0.1, 0.15) is 42.4 Å². The zero-order chi connectivity index (χ0) is 20.2. The lowest BCUT2D eigenvalue weighted by Crippen LogP contribution is -2.49. The molecule has 1 unspecified atom stereocenters. The standard InChI is InChI=1S/C26H33N3/c1-3-15-28(4-2)23-13-11-20(12-14-23)17-25-24-10-6-5-8-21(24)18-26(25)29-16-7-9-22(27)19-29/h3-6,8,10-15,22,25-26H,2,7,9,16-19,27H2,1H3/b15-3-/t22-,25?,26+/m0/s1. The van der Waals surface area contributed by atoms with E-state index in [1.165, 1.54) is 29.7 Å². The average molecular weight is 388 g/mol. The first-order valence-electron chi connectivity index (χ1n) is 10.9. The van der Waals surface area contributed by atoms with E-state index in [1.54, 1.807) is 0 Å². The van der Waals surface area contributed by atoms with Crippen molar-refractivity contribution in [3.8, 4) is 0 Å². The van der Waals surface area contributed by atoms with E-state index in [1.807, 2.05) is 30.3 Å². The molecular formula is C26H33N3. The second-order valence-electron chi connectivity index (χ2n) is 8.42. The predicted octanol–water partition coefficient (Wildman–Crippen LogP) is 4.84. The fraction of sp³-hybridized carbons (Fsp3) is 0.385. The van der Waals surface area contributed by atoms with E-state index in [9.17, 15) is 0 Å². The van der Waals surface area contributed by atoms with Crippen molar-refractivity contribution in [3.05, 3.63) is 90.3 Å². The molecule has 0 aromatic heterocycles. The van der Waals surface area contributed by atoms with E-state index >= 15 is 0 Å². The van der Waals surface area contributed by atoms with Crippen molar-refractivity contribution in [3.63, 3.8) is 0 Å². The van der Waals surface area contributed by atoms with Crippen molar-refractivity contribution in [2.75, 3.05) is 18.0 Å². The van der Waals surface area contributed by atoms with Crippen molar-refractivity contribution in [1.29, 1.82) is 0 Å². The maximum absolute atomic E-state index is 6.32. The van der Waals surface area contributed by atoms with Crippen LogP contribution in [-0.4, -0.2) is 30.1 Å². The minimum Gasteiger partial charge on any atom is -0.327 e. The van der Waals surface area contributed by atoms with Crippen LogP contribution in [-0.2, 0) is 12.8 Å². The van der Waals surface area contributed by atoms with Gasteiger partial charge in [0.2, 0.25) is 0 Å². The summed E-state index contributed by atoms with van der Waals surface area (Å²) in [6.45, 7) is 8.15. The van der Waals surface area contributed by atoms with Crippen LogP contribution >= 0.6 is 0 Å². The number of likely N-dealkylation sites (tertiary alicyclic amines) is 1. The Morgan fingerprint density at radius 3 is 2.69 bits per heavy atom. The number of piperidine rings is 1. The Morgan fingerprint density at radius 2 is 1.97 bits per heavy atom. The molecule has 2 aromatic carbocycles. The quantitative estimate of drug-likeness (QED) is 0.769. The van der Waals surface area contributed by atoms with Gasteiger partial charge >= 0.3 is 0 Å². The van der Waals surface area contributed by atoms with Crippen molar-refractivity contribution < 1.29 is 0 Å². The van der Waals surface area contributed by atoms with Crippen LogP contribution in [0.3, 0.4) is 0 Å². The fourth-order valence-electron chi connectivity index (χ4n) is 5.10. The lowest BCUT2D eigenvalue weighted by molar-refractivity contribution is 0.136. The molecule has 2 aliphatic rings. The molecule has 4 rings (SSSR count). The molecule has 2 N–H and O–H groups in total. The molecule has 1 saturated heterocycles. The second-order valence-corrected chi connectivity index (χ2v) is 8.42. The third-order valence-electron chi connectivity index (χ3n) is 6.50. The van der Waals surface area contributed by atoms with Crippen LogP contribution in [0.15, 0.2) is 73.6 Å². The van der Waals surface area contributed by atoms with Crippen molar-refractivity contribution in [2.24, 2.45) is 5.73 Å². The molecule has 0 spiro atoms. The highest BCUT2D eigenvalue weighted by atomic mass is 15.2. The molecule has 3 atom stereocenters. The Balaban J connectivity index is 1.56. The van der Waals surface area contributed by atoms with Crippen molar-refractivity contribution >= 4 is 5.69 Å². The van der Waals surface area contributed by atoms with E-state index in [2.05, 4.69) is 60.0 Å². The molecular weight excluding hydrogens is 354 g/mol. The van der Waals surface area contributed by atoms with E-state index in [0.717, 1.165) is 31.5 Å². The van der Waals surface area contributed by atoms with Crippen LogP contribution in [0.4, 0.5) is 5.69 Å². The third-order valence-corrected chi connectivity index (χ3v) is 6.50. The molecule has 0 saturated carbocycles. The summed E-state index contributed by atoms with van der Waals surface area (Å²) in [4.78, 5) is 4.71. The van der Waals surface area contributed by atoms with E-state index in [0.29, 0.717) is 18.0 Å². The third kappa shape index (κ3) is 4.31. The summed E-state index contributed by atoms with van der Waals surface area (Å²) in [5, 5.41) is 0. The molecule has 1 aliphatic heterocycles. The number of hydrogen-bond donors (Lipinski definition) is 1. The van der Waals surface area contributed by atoms with E-state index in [4.69, 9.17) is 5.73 Å². The van der Waals surface area contributed by atoms with Crippen molar-refractivity contribution in [1.82, 2.24) is 4.90 Å². The number of nitrogens with two attached hydrogens (primary N) is 1. The highest BCUT2D eigenvalue weighted by Gasteiger charge is 2.37. The smallest absolute Gasteiger partial charge is 0.0449 e. The summed E-state index contributed by atoms with van der Waals surface area (Å²) < 4.78 is 0. The summed E-state index contributed by atoms with van der Waals surface area (Å²) in [7, 11) is 0. The molecule has 29 heavy (non-hydrogen) atoms. The van der Waals surface area contributed by atoms with Gasteiger partial charge in [-0.25, -0.2) is 0 Å². The maximum Gasteiger partial charge on any atom is 0.0449 e. The fourth-order valence-corrected chi connectivity index (χ4v) is 5.10. The highest BCUT2D eigenvalue weighted by molar-refractivity contribution is 5.53. The molecule has 0 radical (unpaired) electrons. The molecule has 3 heteroatoms. The van der Waals surface area contributed by atoms with Crippen LogP contribution < -0.4 is 10.6 Å². The van der Waals surface area contributed by atoms with Gasteiger partial charge in [0.25, 0.3) is 0 Å². The summed E-state index contributed by atoms with van der Waals surface area (Å²) in [5.74, 6) is 0.536. The Kier molecular flexibility index (Phi) is 6.17. The van der Waals surface area contributed by atoms with Gasteiger partial charge in [0, 0.05) is 42.6 Å². The molecule has 0 amide bonds. The summed E-state index contributed by atoms with van der Waals surface area (Å²) in [6, 6.07) is 18.9. The van der Waals surface area contributed by atoms with Crippen molar-refractivity contribution in [2.45, 2.75) is 50.6 Å². The minimum absolute atomic E-state index is 0.323. The minimum atomic E-state index is 0.323. The SMILES string of the molecule is C=CN(/C=C\C)c1ccc(CC2c3ccccc3C[C@H]2N2CCC[C@H](N)C2)cc1. The average Bonchev–Trinajstić information content (AvgIpc) is 3.11. The zero-order valence-electron chi connectivity index (χ0n) is 17.5. The lowest BCUT2D eigenvalue weighted by Gasteiger charge is -2.38. The number of fused-ring (bicyclic) bond motifs is 1. The molecule has 3 nitrogen and oxygen atoms in total. The predicted molar refractivity (Wildman–Crippen MR) is 123 cm³/mol. The number of hydrogen-bond acceptors (Lipinski definition) is 3. The zero-order valence-corrected chi connectivity index (χ0v) is 17.5. The second kappa shape index (κ2) is 8.98. The number of allylic oxidation sites excluding steroid dienone is 1. The van der Waals surface area contributed by atoms with E-state index in [-0.39, 0.29) is 0 Å². The van der Waals surface area contributed by atoms with Gasteiger partial charge < -0.3 is 10.6 Å². The topological polar surface area (TPSA) is 32.5 Å². The molecule has 1 heterocycles. The monoisotopic (exact) mass is 387 g/mol. The largest absolute Gasteiger partial charge is 0.327 e. The first-order chi connectivity index (χ1) is 14.2. The van der Waals surface area contributed by atoms with Gasteiger partial charge in [-0.2, -0.15) is 0 Å². The van der Waals surface area contributed by atoms with Gasteiger partial charge in [-0.15, -0.1) is 0 Å². The summed E-state index contributed by atoms with van der Waals surface area (Å²) >= 11 is 0. The molecule has 1 fully saturated rings. The molecule has 0 bridgehead atoms. The number of rotatable bonds is 6. The van der Waals surface area contributed by atoms with Crippen LogP contribution in [0, 0.1) is 0 Å². The van der Waals surface area contributed by atoms with Gasteiger partial charge in [0.15, 0.2) is 0 Å². The first kappa shape index (κ1) is 19.9. The molecule has 2 aromatic rings. The first-order valence-corrected chi connectivity index (χ1v) is 10.9. The highest BCUT2D eigenvalue weighted by Crippen LogP contribution is 2.39. The lowest BCUT2D eigenvalue weighted by atomic mass is 9.89. The number of anilines is 1. The van der Waals surface area contributed by atoms with Crippen LogP contribution in [0.2, 0.25) is 0 Å². The van der Waals surface area contributed by atoms with Crippen LogP contribution in [0.5, 0.6) is 0 Å². The molecule has 152 valence electrons. The Morgan fingerprint density at radius 1 is 1.17 bits per heavy atom. The van der Waals surface area contributed by atoms with Gasteiger partial charge in [-0.3, -0.25) is 4.90 Å². The Hall–Kier alpha value is -2.36. The van der Waals surface area contributed by atoms with E-state index < -0.39 is 0 Å². The van der Waals surface area contributed by atoms with Crippen LogP contribution in [0.25, 0.3) is 0 Å². The Bertz CT molecular complexity index is 855. The number of nitrogens with zero attached hydrogens (tertiary/aromatic N) is 2. The number of benzene rings is 2.